The molecule has 1 atom stereocenters. The molecule has 29 heavy (non-hydrogen) atoms. The van der Waals surface area contributed by atoms with Crippen LogP contribution >= 0.6 is 0 Å². The van der Waals surface area contributed by atoms with Crippen LogP contribution in [0.25, 0.3) is 22.5 Å². The highest BCUT2D eigenvalue weighted by molar-refractivity contribution is 5.81. The van der Waals surface area contributed by atoms with Crippen LogP contribution in [-0.2, 0) is 11.3 Å². The number of aryl methyl sites for hydroxylation is 1. The molecule has 1 saturated carbocycles. The third-order valence-electron chi connectivity index (χ3n) is 6.02. The number of amides is 1. The predicted octanol–water partition coefficient (Wildman–Crippen LogP) is 4.68. The molecule has 2 fully saturated rings. The second-order valence-corrected chi connectivity index (χ2v) is 8.27. The SMILES string of the molecule is Cc1ccc(F)cc1-c1c(-c2ccccc2)ncn1C[C@H]1CC(=O)N(C2CC2)C1. The summed E-state index contributed by atoms with van der Waals surface area (Å²) in [6.07, 6.45) is 4.69. The lowest BCUT2D eigenvalue weighted by Gasteiger charge is -2.18. The first-order valence-corrected chi connectivity index (χ1v) is 10.3. The molecule has 2 aliphatic rings. The summed E-state index contributed by atoms with van der Waals surface area (Å²) in [5.41, 5.74) is 4.64. The lowest BCUT2D eigenvalue weighted by Crippen LogP contribution is -2.27. The van der Waals surface area contributed by atoms with Crippen LogP contribution in [0.15, 0.2) is 54.9 Å². The number of imidazole rings is 1. The Morgan fingerprint density at radius 1 is 1.14 bits per heavy atom. The second-order valence-electron chi connectivity index (χ2n) is 8.27. The fourth-order valence-corrected chi connectivity index (χ4v) is 4.41. The monoisotopic (exact) mass is 389 g/mol. The Kier molecular flexibility index (Phi) is 4.46. The topological polar surface area (TPSA) is 38.1 Å². The van der Waals surface area contributed by atoms with E-state index in [0.717, 1.165) is 47.5 Å². The summed E-state index contributed by atoms with van der Waals surface area (Å²) in [6, 6.07) is 15.3. The van der Waals surface area contributed by atoms with Crippen molar-refractivity contribution in [2.24, 2.45) is 5.92 Å². The van der Waals surface area contributed by atoms with E-state index in [-0.39, 0.29) is 17.6 Å². The van der Waals surface area contributed by atoms with Gasteiger partial charge in [-0.05, 0) is 37.5 Å². The lowest BCUT2D eigenvalue weighted by molar-refractivity contribution is -0.128. The molecule has 3 aromatic rings. The van der Waals surface area contributed by atoms with E-state index in [0.29, 0.717) is 19.0 Å². The van der Waals surface area contributed by atoms with Gasteiger partial charge in [0.2, 0.25) is 5.91 Å². The zero-order chi connectivity index (χ0) is 20.0. The third kappa shape index (κ3) is 3.46. The minimum atomic E-state index is -0.256. The van der Waals surface area contributed by atoms with Crippen molar-refractivity contribution >= 4 is 5.91 Å². The molecule has 2 heterocycles. The van der Waals surface area contributed by atoms with Crippen molar-refractivity contribution in [1.82, 2.24) is 14.5 Å². The maximum atomic E-state index is 14.1. The summed E-state index contributed by atoms with van der Waals surface area (Å²) in [5, 5.41) is 0. The van der Waals surface area contributed by atoms with Crippen molar-refractivity contribution in [1.29, 1.82) is 0 Å². The van der Waals surface area contributed by atoms with Gasteiger partial charge in [0.05, 0.1) is 17.7 Å². The summed E-state index contributed by atoms with van der Waals surface area (Å²) in [6.45, 7) is 3.51. The fraction of sp³-hybridized carbons (Fsp3) is 0.333. The quantitative estimate of drug-likeness (QED) is 0.636. The van der Waals surface area contributed by atoms with Crippen LogP contribution in [0.1, 0.15) is 24.8 Å². The molecule has 0 N–H and O–H groups in total. The average molecular weight is 389 g/mol. The van der Waals surface area contributed by atoms with Gasteiger partial charge in [-0.2, -0.15) is 0 Å². The molecule has 4 nitrogen and oxygen atoms in total. The number of nitrogens with zero attached hydrogens (tertiary/aromatic N) is 3. The molecule has 1 amide bonds. The van der Waals surface area contributed by atoms with Crippen molar-refractivity contribution in [2.45, 2.75) is 38.8 Å². The molecular weight excluding hydrogens is 365 g/mol. The molecule has 2 aromatic carbocycles. The number of carbonyl (C=O) groups excluding carboxylic acids is 1. The smallest absolute Gasteiger partial charge is 0.223 e. The maximum absolute atomic E-state index is 14.1. The highest BCUT2D eigenvalue weighted by Crippen LogP contribution is 2.36. The first-order chi connectivity index (χ1) is 14.1. The van der Waals surface area contributed by atoms with Gasteiger partial charge in [0.25, 0.3) is 0 Å². The lowest BCUT2D eigenvalue weighted by atomic mass is 10.00. The zero-order valence-electron chi connectivity index (χ0n) is 16.5. The summed E-state index contributed by atoms with van der Waals surface area (Å²) < 4.78 is 16.2. The highest BCUT2D eigenvalue weighted by Gasteiger charge is 2.39. The van der Waals surface area contributed by atoms with E-state index in [1.807, 2.05) is 54.5 Å². The predicted molar refractivity (Wildman–Crippen MR) is 111 cm³/mol. The minimum absolute atomic E-state index is 0.256. The number of likely N-dealkylation sites (tertiary alicyclic amines) is 1. The van der Waals surface area contributed by atoms with Crippen molar-refractivity contribution in [3.8, 4) is 22.5 Å². The van der Waals surface area contributed by atoms with Crippen LogP contribution in [0.3, 0.4) is 0 Å². The van der Waals surface area contributed by atoms with Crippen LogP contribution in [0, 0.1) is 18.7 Å². The van der Waals surface area contributed by atoms with Gasteiger partial charge >= 0.3 is 0 Å². The van der Waals surface area contributed by atoms with E-state index in [1.54, 1.807) is 6.07 Å². The highest BCUT2D eigenvalue weighted by atomic mass is 19.1. The second kappa shape index (κ2) is 7.14. The van der Waals surface area contributed by atoms with Crippen LogP contribution in [-0.4, -0.2) is 32.9 Å². The first-order valence-electron chi connectivity index (χ1n) is 10.3. The molecule has 0 bridgehead atoms. The van der Waals surface area contributed by atoms with E-state index >= 15 is 0 Å². The average Bonchev–Trinajstić information content (AvgIpc) is 3.38. The normalized spacial score (nSPS) is 19.2. The number of carbonyl (C=O) groups is 1. The van der Waals surface area contributed by atoms with Crippen LogP contribution in [0.2, 0.25) is 0 Å². The Bertz CT molecular complexity index is 1060. The van der Waals surface area contributed by atoms with Crippen molar-refractivity contribution < 1.29 is 9.18 Å². The van der Waals surface area contributed by atoms with Crippen molar-refractivity contribution in [3.05, 3.63) is 66.2 Å². The molecule has 0 spiro atoms. The van der Waals surface area contributed by atoms with Crippen LogP contribution < -0.4 is 0 Å². The Hall–Kier alpha value is -2.95. The Morgan fingerprint density at radius 2 is 1.93 bits per heavy atom. The maximum Gasteiger partial charge on any atom is 0.223 e. The molecule has 1 saturated heterocycles. The van der Waals surface area contributed by atoms with Gasteiger partial charge < -0.3 is 9.47 Å². The number of halogens is 1. The summed E-state index contributed by atoms with van der Waals surface area (Å²) >= 11 is 0. The Balaban J connectivity index is 1.54. The van der Waals surface area contributed by atoms with Gasteiger partial charge in [-0.25, -0.2) is 9.37 Å². The van der Waals surface area contributed by atoms with E-state index in [1.165, 1.54) is 6.07 Å². The van der Waals surface area contributed by atoms with Crippen molar-refractivity contribution in [2.75, 3.05) is 6.54 Å². The number of aromatic nitrogens is 2. The molecule has 1 aliphatic carbocycles. The van der Waals surface area contributed by atoms with Crippen LogP contribution in [0.4, 0.5) is 4.39 Å². The summed E-state index contributed by atoms with van der Waals surface area (Å²) in [7, 11) is 0. The molecule has 0 radical (unpaired) electrons. The third-order valence-corrected chi connectivity index (χ3v) is 6.02. The summed E-state index contributed by atoms with van der Waals surface area (Å²) in [4.78, 5) is 19.1. The first kappa shape index (κ1) is 18.1. The zero-order valence-corrected chi connectivity index (χ0v) is 16.5. The molecule has 0 unspecified atom stereocenters. The number of benzene rings is 2. The molecular formula is C24H24FN3O. The Labute approximate surface area is 170 Å². The number of hydrogen-bond acceptors (Lipinski definition) is 2. The Morgan fingerprint density at radius 3 is 2.69 bits per heavy atom. The fourth-order valence-electron chi connectivity index (χ4n) is 4.41. The largest absolute Gasteiger partial charge is 0.339 e. The van der Waals surface area contributed by atoms with Gasteiger partial charge in [0.1, 0.15) is 5.82 Å². The number of hydrogen-bond donors (Lipinski definition) is 0. The van der Waals surface area contributed by atoms with Crippen LogP contribution in [0.5, 0.6) is 0 Å². The molecule has 1 aliphatic heterocycles. The standard InChI is InChI=1S/C24H24FN3O/c1-16-7-8-19(25)12-21(16)24-23(18-5-3-2-4-6-18)26-15-27(24)13-17-11-22(29)28(14-17)20-9-10-20/h2-8,12,15,17,20H,9-11,13-14H2,1H3/t17-/m1/s1. The van der Waals surface area contributed by atoms with Gasteiger partial charge in [0, 0.05) is 42.6 Å². The van der Waals surface area contributed by atoms with E-state index in [4.69, 9.17) is 4.98 Å². The molecule has 1 aromatic heterocycles. The van der Waals surface area contributed by atoms with Gasteiger partial charge in [-0.15, -0.1) is 0 Å². The molecule has 5 heteroatoms. The van der Waals surface area contributed by atoms with E-state index in [9.17, 15) is 9.18 Å². The van der Waals surface area contributed by atoms with Gasteiger partial charge in [0.15, 0.2) is 0 Å². The molecule has 148 valence electrons. The van der Waals surface area contributed by atoms with Gasteiger partial charge in [-0.1, -0.05) is 36.4 Å². The van der Waals surface area contributed by atoms with E-state index in [2.05, 4.69) is 4.57 Å². The summed E-state index contributed by atoms with van der Waals surface area (Å²) in [5.74, 6) is 0.270. The number of rotatable bonds is 5. The molecule has 5 rings (SSSR count). The minimum Gasteiger partial charge on any atom is -0.339 e. The van der Waals surface area contributed by atoms with E-state index < -0.39 is 0 Å². The van der Waals surface area contributed by atoms with Crippen molar-refractivity contribution in [3.63, 3.8) is 0 Å². The van der Waals surface area contributed by atoms with Gasteiger partial charge in [-0.3, -0.25) is 4.79 Å².